The third-order valence-electron chi connectivity index (χ3n) is 7.73. The Kier molecular flexibility index (Phi) is 5.79. The van der Waals surface area contributed by atoms with Gasteiger partial charge >= 0.3 is 0 Å². The van der Waals surface area contributed by atoms with E-state index in [0.29, 0.717) is 0 Å². The van der Waals surface area contributed by atoms with Crippen LogP contribution in [-0.4, -0.2) is 0 Å². The number of anilines is 2. The lowest BCUT2D eigenvalue weighted by molar-refractivity contribution is 1.60. The van der Waals surface area contributed by atoms with E-state index in [2.05, 4.69) is 121 Å². The van der Waals surface area contributed by atoms with Crippen molar-refractivity contribution in [1.82, 2.24) is 0 Å². The largest absolute Gasteiger partial charge is 0.399 e. The molecule has 0 radical (unpaired) electrons. The van der Waals surface area contributed by atoms with Gasteiger partial charge in [0, 0.05) is 11.4 Å². The Morgan fingerprint density at radius 3 is 0.975 bits per heavy atom. The minimum absolute atomic E-state index is 0.745. The summed E-state index contributed by atoms with van der Waals surface area (Å²) in [6, 6.07) is 51.1. The Labute approximate surface area is 234 Å². The maximum Gasteiger partial charge on any atom is 0.0320 e. The van der Waals surface area contributed by atoms with Gasteiger partial charge in [-0.3, -0.25) is 0 Å². The maximum absolute atomic E-state index is 6.39. The second-order valence-electron chi connectivity index (χ2n) is 10.2. The summed E-state index contributed by atoms with van der Waals surface area (Å²) in [5, 5.41) is 4.57. The summed E-state index contributed by atoms with van der Waals surface area (Å²) in [6.07, 6.45) is 0. The smallest absolute Gasteiger partial charge is 0.0320 e. The van der Waals surface area contributed by atoms with E-state index in [1.165, 1.54) is 33.4 Å². The summed E-state index contributed by atoms with van der Waals surface area (Å²) in [6.45, 7) is 0. The predicted molar refractivity (Wildman–Crippen MR) is 172 cm³/mol. The molecular formula is C38H28N2. The average molecular weight is 513 g/mol. The first kappa shape index (κ1) is 23.8. The van der Waals surface area contributed by atoms with E-state index >= 15 is 0 Å². The molecule has 190 valence electrons. The van der Waals surface area contributed by atoms with Gasteiger partial charge in [0.25, 0.3) is 0 Å². The van der Waals surface area contributed by atoms with Crippen LogP contribution in [0.25, 0.3) is 66.1 Å². The fraction of sp³-hybridized carbons (Fsp3) is 0. The molecule has 0 amide bonds. The highest BCUT2D eigenvalue weighted by atomic mass is 14.5. The summed E-state index contributed by atoms with van der Waals surface area (Å²) in [5.74, 6) is 0. The molecule has 0 atom stereocenters. The van der Waals surface area contributed by atoms with Crippen LogP contribution >= 0.6 is 0 Å². The molecule has 0 unspecified atom stereocenters. The van der Waals surface area contributed by atoms with Crippen molar-refractivity contribution in [3.8, 4) is 44.5 Å². The summed E-state index contributed by atoms with van der Waals surface area (Å²) in [4.78, 5) is 0. The van der Waals surface area contributed by atoms with Gasteiger partial charge in [-0.05, 0) is 90.3 Å². The van der Waals surface area contributed by atoms with E-state index in [4.69, 9.17) is 11.5 Å². The van der Waals surface area contributed by atoms with Gasteiger partial charge in [-0.1, -0.05) is 121 Å². The Morgan fingerprint density at radius 1 is 0.275 bits per heavy atom. The number of fused-ring (bicyclic) bond motifs is 2. The molecule has 4 N–H and O–H groups in total. The van der Waals surface area contributed by atoms with Crippen LogP contribution < -0.4 is 11.5 Å². The number of hydrogen-bond acceptors (Lipinski definition) is 2. The Balaban J connectivity index is 1.47. The van der Waals surface area contributed by atoms with Gasteiger partial charge in [-0.2, -0.15) is 0 Å². The summed E-state index contributed by atoms with van der Waals surface area (Å²) < 4.78 is 0. The first-order valence-electron chi connectivity index (χ1n) is 13.5. The van der Waals surface area contributed by atoms with Crippen molar-refractivity contribution in [3.05, 3.63) is 146 Å². The number of rotatable bonds is 4. The van der Waals surface area contributed by atoms with E-state index in [1.807, 2.05) is 24.3 Å². The lowest BCUT2D eigenvalue weighted by Gasteiger charge is -2.19. The second-order valence-corrected chi connectivity index (χ2v) is 10.2. The topological polar surface area (TPSA) is 52.0 Å². The van der Waals surface area contributed by atoms with Crippen molar-refractivity contribution in [2.75, 3.05) is 11.5 Å². The van der Waals surface area contributed by atoms with E-state index in [1.54, 1.807) is 0 Å². The Bertz CT molecular complexity index is 1830. The highest BCUT2D eigenvalue weighted by molar-refractivity contribution is 6.22. The number of nitrogens with two attached hydrogens (primary N) is 2. The molecule has 0 aliphatic rings. The number of benzene rings is 7. The van der Waals surface area contributed by atoms with Gasteiger partial charge in [0.15, 0.2) is 0 Å². The molecule has 40 heavy (non-hydrogen) atoms. The molecule has 0 saturated heterocycles. The van der Waals surface area contributed by atoms with Gasteiger partial charge < -0.3 is 11.5 Å². The highest BCUT2D eigenvalue weighted by Crippen LogP contribution is 2.45. The minimum Gasteiger partial charge on any atom is -0.399 e. The lowest BCUT2D eigenvalue weighted by Crippen LogP contribution is -1.94. The molecule has 7 rings (SSSR count). The van der Waals surface area contributed by atoms with E-state index in [-0.39, 0.29) is 0 Å². The monoisotopic (exact) mass is 512 g/mol. The number of nitrogen functional groups attached to an aromatic ring is 2. The zero-order chi connectivity index (χ0) is 27.1. The van der Waals surface area contributed by atoms with Gasteiger partial charge in [-0.25, -0.2) is 0 Å². The second kappa shape index (κ2) is 9.76. The summed E-state index contributed by atoms with van der Waals surface area (Å²) in [7, 11) is 0. The molecule has 0 fully saturated rings. The third kappa shape index (κ3) is 4.16. The molecule has 0 heterocycles. The predicted octanol–water partition coefficient (Wildman–Crippen LogP) is 9.83. The third-order valence-corrected chi connectivity index (χ3v) is 7.73. The van der Waals surface area contributed by atoms with Crippen LogP contribution in [0.4, 0.5) is 11.4 Å². The SMILES string of the molecule is Nc1ccc2c(-c3ccc(-c4ccccc4)cc3)c3cc(N)ccc3c(-c3ccc(-c4ccccc4)cc3)c2c1. The van der Waals surface area contributed by atoms with E-state index in [9.17, 15) is 0 Å². The van der Waals surface area contributed by atoms with Gasteiger partial charge in [0.1, 0.15) is 0 Å². The molecule has 0 aliphatic heterocycles. The van der Waals surface area contributed by atoms with Crippen molar-refractivity contribution in [3.63, 3.8) is 0 Å². The quantitative estimate of drug-likeness (QED) is 0.182. The first-order chi connectivity index (χ1) is 19.7. The van der Waals surface area contributed by atoms with Crippen LogP contribution in [-0.2, 0) is 0 Å². The standard InChI is InChI=1S/C38H28N2/c39-31-20-22-34-35(23-31)37(29-15-11-27(12-16-29)25-7-3-1-4-8-25)33-21-19-32(40)24-36(33)38(34)30-17-13-28(14-18-30)26-9-5-2-6-10-26/h1-24H,39-40H2. The molecule has 0 saturated carbocycles. The fourth-order valence-electron chi connectivity index (χ4n) is 5.81. The summed E-state index contributed by atoms with van der Waals surface area (Å²) >= 11 is 0. The molecule has 7 aromatic rings. The van der Waals surface area contributed by atoms with Crippen molar-refractivity contribution in [1.29, 1.82) is 0 Å². The molecule has 0 spiro atoms. The van der Waals surface area contributed by atoms with Gasteiger partial charge in [-0.15, -0.1) is 0 Å². The minimum atomic E-state index is 0.745. The Morgan fingerprint density at radius 2 is 0.600 bits per heavy atom. The van der Waals surface area contributed by atoms with Crippen molar-refractivity contribution >= 4 is 32.9 Å². The van der Waals surface area contributed by atoms with Crippen LogP contribution in [0.3, 0.4) is 0 Å². The fourth-order valence-corrected chi connectivity index (χ4v) is 5.81. The van der Waals surface area contributed by atoms with Gasteiger partial charge in [0.2, 0.25) is 0 Å². The van der Waals surface area contributed by atoms with Crippen LogP contribution in [0.15, 0.2) is 146 Å². The van der Waals surface area contributed by atoms with Crippen LogP contribution in [0, 0.1) is 0 Å². The van der Waals surface area contributed by atoms with Crippen molar-refractivity contribution in [2.45, 2.75) is 0 Å². The molecule has 7 aromatic carbocycles. The zero-order valence-corrected chi connectivity index (χ0v) is 22.0. The lowest BCUT2D eigenvalue weighted by atomic mass is 9.85. The zero-order valence-electron chi connectivity index (χ0n) is 22.0. The first-order valence-corrected chi connectivity index (χ1v) is 13.5. The van der Waals surface area contributed by atoms with E-state index in [0.717, 1.165) is 44.0 Å². The average Bonchev–Trinajstić information content (AvgIpc) is 3.01. The van der Waals surface area contributed by atoms with Crippen LogP contribution in [0.2, 0.25) is 0 Å². The molecule has 2 heteroatoms. The molecule has 2 nitrogen and oxygen atoms in total. The van der Waals surface area contributed by atoms with Crippen molar-refractivity contribution in [2.24, 2.45) is 0 Å². The molecular weight excluding hydrogens is 484 g/mol. The van der Waals surface area contributed by atoms with Crippen LogP contribution in [0.5, 0.6) is 0 Å². The van der Waals surface area contributed by atoms with Crippen LogP contribution in [0.1, 0.15) is 0 Å². The molecule has 0 bridgehead atoms. The number of hydrogen-bond donors (Lipinski definition) is 2. The Hall–Kier alpha value is -5.34. The van der Waals surface area contributed by atoms with E-state index < -0.39 is 0 Å². The molecule has 0 aliphatic carbocycles. The summed E-state index contributed by atoms with van der Waals surface area (Å²) in [5.41, 5.74) is 23.7. The molecule has 0 aromatic heterocycles. The normalized spacial score (nSPS) is 11.2. The van der Waals surface area contributed by atoms with Crippen molar-refractivity contribution < 1.29 is 0 Å². The van der Waals surface area contributed by atoms with Gasteiger partial charge in [0.05, 0.1) is 0 Å². The highest BCUT2D eigenvalue weighted by Gasteiger charge is 2.17. The maximum atomic E-state index is 6.39.